The zero-order valence-electron chi connectivity index (χ0n) is 11.6. The normalized spacial score (nSPS) is 18.4. The molecule has 1 aliphatic carbocycles. The molecule has 0 unspecified atom stereocenters. The number of nitrogens with zero attached hydrogens (tertiary/aromatic N) is 2. The van der Waals surface area contributed by atoms with Crippen LogP contribution in [0.2, 0.25) is 0 Å². The van der Waals surface area contributed by atoms with Crippen molar-refractivity contribution in [2.75, 3.05) is 6.54 Å². The van der Waals surface area contributed by atoms with Gasteiger partial charge in [-0.25, -0.2) is 9.97 Å². The molecule has 0 saturated heterocycles. The molecule has 20 heavy (non-hydrogen) atoms. The van der Waals surface area contributed by atoms with E-state index in [2.05, 4.69) is 29.6 Å². The van der Waals surface area contributed by atoms with Gasteiger partial charge in [0.2, 0.25) is 0 Å². The molecule has 1 aromatic heterocycles. The molecule has 1 aromatic carbocycles. The summed E-state index contributed by atoms with van der Waals surface area (Å²) in [5.74, 6) is 1.57. The Hall–Kier alpha value is -1.74. The van der Waals surface area contributed by atoms with Crippen molar-refractivity contribution >= 4 is 0 Å². The molecule has 3 nitrogen and oxygen atoms in total. The highest BCUT2D eigenvalue weighted by molar-refractivity contribution is 5.56. The van der Waals surface area contributed by atoms with Crippen LogP contribution in [0.3, 0.4) is 0 Å². The van der Waals surface area contributed by atoms with E-state index in [1.165, 1.54) is 36.2 Å². The maximum atomic E-state index is 4.93. The van der Waals surface area contributed by atoms with Crippen LogP contribution in [0, 0.1) is 0 Å². The number of benzene rings is 1. The van der Waals surface area contributed by atoms with Crippen LogP contribution in [0.1, 0.15) is 42.1 Å². The van der Waals surface area contributed by atoms with Gasteiger partial charge in [-0.05, 0) is 12.8 Å². The summed E-state index contributed by atoms with van der Waals surface area (Å²) in [7, 11) is 0. The van der Waals surface area contributed by atoms with Gasteiger partial charge in [0.15, 0.2) is 5.82 Å². The highest BCUT2D eigenvalue weighted by Gasteiger charge is 2.27. The maximum absolute atomic E-state index is 4.93. The molecule has 2 aliphatic rings. The highest BCUT2D eigenvalue weighted by atomic mass is 15.0. The monoisotopic (exact) mass is 265 g/mol. The topological polar surface area (TPSA) is 37.8 Å². The SMILES string of the molecule is c1ccc(-c2nc3c(c(C4CCC4)n2)CNCC3)cc1. The fourth-order valence-corrected chi connectivity index (χ4v) is 3.10. The lowest BCUT2D eigenvalue weighted by Crippen LogP contribution is -2.28. The lowest BCUT2D eigenvalue weighted by molar-refractivity contribution is 0.404. The van der Waals surface area contributed by atoms with E-state index in [0.29, 0.717) is 5.92 Å². The predicted octanol–water partition coefficient (Wildman–Crippen LogP) is 3.06. The summed E-state index contributed by atoms with van der Waals surface area (Å²) in [5, 5.41) is 3.46. The van der Waals surface area contributed by atoms with Gasteiger partial charge >= 0.3 is 0 Å². The standard InChI is InChI=1S/C17H19N3/c1-2-5-13(6-3-1)17-19-15-9-10-18-11-14(15)16(20-17)12-7-4-8-12/h1-3,5-6,12,18H,4,7-11H2. The third-order valence-corrected chi connectivity index (χ3v) is 4.49. The molecule has 102 valence electrons. The van der Waals surface area contributed by atoms with Crippen molar-refractivity contribution in [3.8, 4) is 11.4 Å². The van der Waals surface area contributed by atoms with Crippen molar-refractivity contribution in [2.45, 2.75) is 38.1 Å². The first kappa shape index (κ1) is 12.0. The quantitative estimate of drug-likeness (QED) is 0.907. The summed E-state index contributed by atoms with van der Waals surface area (Å²) in [5.41, 5.74) is 5.09. The molecule has 0 radical (unpaired) electrons. The van der Waals surface area contributed by atoms with Crippen LogP contribution in [0.25, 0.3) is 11.4 Å². The molecule has 2 heterocycles. The second kappa shape index (κ2) is 4.98. The largest absolute Gasteiger partial charge is 0.312 e. The number of fused-ring (bicyclic) bond motifs is 1. The van der Waals surface area contributed by atoms with Crippen molar-refractivity contribution in [1.82, 2.24) is 15.3 Å². The minimum absolute atomic E-state index is 0.661. The van der Waals surface area contributed by atoms with Gasteiger partial charge in [-0.15, -0.1) is 0 Å². The minimum atomic E-state index is 0.661. The lowest BCUT2D eigenvalue weighted by Gasteiger charge is -2.29. The van der Waals surface area contributed by atoms with Gasteiger partial charge in [0.1, 0.15) is 0 Å². The molecule has 1 N–H and O–H groups in total. The molecular formula is C17H19N3. The molecule has 0 spiro atoms. The lowest BCUT2D eigenvalue weighted by atomic mass is 9.80. The van der Waals surface area contributed by atoms with Crippen LogP contribution in [-0.4, -0.2) is 16.5 Å². The van der Waals surface area contributed by atoms with Gasteiger partial charge < -0.3 is 5.32 Å². The van der Waals surface area contributed by atoms with Gasteiger partial charge in [0.25, 0.3) is 0 Å². The van der Waals surface area contributed by atoms with E-state index in [9.17, 15) is 0 Å². The first-order chi connectivity index (χ1) is 9.92. The van der Waals surface area contributed by atoms with E-state index in [0.717, 1.165) is 30.9 Å². The zero-order valence-corrected chi connectivity index (χ0v) is 11.6. The molecular weight excluding hydrogens is 246 g/mol. The first-order valence-corrected chi connectivity index (χ1v) is 7.57. The summed E-state index contributed by atoms with van der Waals surface area (Å²) < 4.78 is 0. The third kappa shape index (κ3) is 2.02. The molecule has 0 amide bonds. The molecule has 4 rings (SSSR count). The van der Waals surface area contributed by atoms with E-state index in [1.807, 2.05) is 6.07 Å². The van der Waals surface area contributed by atoms with E-state index in [4.69, 9.17) is 9.97 Å². The summed E-state index contributed by atoms with van der Waals surface area (Å²) in [6.45, 7) is 1.97. The van der Waals surface area contributed by atoms with Gasteiger partial charge in [0.05, 0.1) is 11.4 Å². The Kier molecular flexibility index (Phi) is 3.00. The molecule has 1 saturated carbocycles. The molecule has 1 fully saturated rings. The van der Waals surface area contributed by atoms with Gasteiger partial charge in [-0.1, -0.05) is 36.8 Å². The van der Waals surface area contributed by atoms with E-state index >= 15 is 0 Å². The van der Waals surface area contributed by atoms with Crippen molar-refractivity contribution in [3.05, 3.63) is 47.3 Å². The second-order valence-corrected chi connectivity index (χ2v) is 5.78. The first-order valence-electron chi connectivity index (χ1n) is 7.57. The van der Waals surface area contributed by atoms with Crippen LogP contribution in [0.5, 0.6) is 0 Å². The fraction of sp³-hybridized carbons (Fsp3) is 0.412. The zero-order chi connectivity index (χ0) is 13.4. The van der Waals surface area contributed by atoms with Gasteiger partial charge in [-0.2, -0.15) is 0 Å². The molecule has 0 bridgehead atoms. The third-order valence-electron chi connectivity index (χ3n) is 4.49. The Labute approximate surface area is 119 Å². The Morgan fingerprint density at radius 1 is 1.05 bits per heavy atom. The molecule has 1 aliphatic heterocycles. The van der Waals surface area contributed by atoms with E-state index in [1.54, 1.807) is 0 Å². The van der Waals surface area contributed by atoms with Crippen LogP contribution in [0.15, 0.2) is 30.3 Å². The summed E-state index contributed by atoms with van der Waals surface area (Å²) >= 11 is 0. The maximum Gasteiger partial charge on any atom is 0.159 e. The molecule has 0 atom stereocenters. The minimum Gasteiger partial charge on any atom is -0.312 e. The number of hydrogen-bond donors (Lipinski definition) is 1. The molecule has 3 heteroatoms. The van der Waals surface area contributed by atoms with E-state index in [-0.39, 0.29) is 0 Å². The smallest absolute Gasteiger partial charge is 0.159 e. The average Bonchev–Trinajstić information content (AvgIpc) is 2.46. The Balaban J connectivity index is 1.84. The Morgan fingerprint density at radius 2 is 1.90 bits per heavy atom. The number of nitrogens with one attached hydrogen (secondary N) is 1. The van der Waals surface area contributed by atoms with E-state index < -0.39 is 0 Å². The van der Waals surface area contributed by atoms with Crippen molar-refractivity contribution < 1.29 is 0 Å². The predicted molar refractivity (Wildman–Crippen MR) is 79.5 cm³/mol. The van der Waals surface area contributed by atoms with Crippen LogP contribution in [0.4, 0.5) is 0 Å². The molecule has 2 aromatic rings. The van der Waals surface area contributed by atoms with Crippen molar-refractivity contribution in [2.24, 2.45) is 0 Å². The summed E-state index contributed by atoms with van der Waals surface area (Å²) in [6, 6.07) is 10.4. The number of hydrogen-bond acceptors (Lipinski definition) is 3. The average molecular weight is 265 g/mol. The van der Waals surface area contributed by atoms with Crippen LogP contribution < -0.4 is 5.32 Å². The van der Waals surface area contributed by atoms with Crippen LogP contribution in [-0.2, 0) is 13.0 Å². The second-order valence-electron chi connectivity index (χ2n) is 5.78. The Morgan fingerprint density at radius 3 is 2.65 bits per heavy atom. The van der Waals surface area contributed by atoms with Crippen LogP contribution >= 0.6 is 0 Å². The summed E-state index contributed by atoms with van der Waals surface area (Å²) in [6.07, 6.45) is 4.95. The highest BCUT2D eigenvalue weighted by Crippen LogP contribution is 2.38. The fourth-order valence-electron chi connectivity index (χ4n) is 3.10. The number of rotatable bonds is 2. The van der Waals surface area contributed by atoms with Gasteiger partial charge in [-0.3, -0.25) is 0 Å². The summed E-state index contributed by atoms with van der Waals surface area (Å²) in [4.78, 5) is 9.76. The Bertz CT molecular complexity index is 618. The van der Waals surface area contributed by atoms with Crippen molar-refractivity contribution in [1.29, 1.82) is 0 Å². The van der Waals surface area contributed by atoms with Gasteiger partial charge in [0, 0.05) is 36.6 Å². The number of aromatic nitrogens is 2. The van der Waals surface area contributed by atoms with Crippen molar-refractivity contribution in [3.63, 3.8) is 0 Å².